The predicted molar refractivity (Wildman–Crippen MR) is 110 cm³/mol. The van der Waals surface area contributed by atoms with Crippen LogP contribution in [0.5, 0.6) is 5.75 Å². The molecule has 130 valence electrons. The van der Waals surface area contributed by atoms with Crippen LogP contribution >= 0.6 is 12.2 Å². The Hall–Kier alpha value is -3.18. The smallest absolute Gasteiger partial charge is 0.250 e. The average Bonchev–Trinajstić information content (AvgIpc) is 2.63. The quantitative estimate of drug-likeness (QED) is 0.368. The third kappa shape index (κ3) is 4.26. The Kier molecular flexibility index (Phi) is 5.29. The zero-order chi connectivity index (χ0) is 18.5. The summed E-state index contributed by atoms with van der Waals surface area (Å²) in [6.45, 7) is 1.90. The predicted octanol–water partition coefficient (Wildman–Crippen LogP) is 4.38. The summed E-state index contributed by atoms with van der Waals surface area (Å²) in [5, 5.41) is 17.5. The van der Waals surface area contributed by atoms with Gasteiger partial charge in [-0.3, -0.25) is 10.1 Å². The van der Waals surface area contributed by atoms with Gasteiger partial charge in [0.1, 0.15) is 5.75 Å². The van der Waals surface area contributed by atoms with Crippen LogP contribution in [0.25, 0.3) is 16.8 Å². The fourth-order valence-electron chi connectivity index (χ4n) is 2.62. The summed E-state index contributed by atoms with van der Waals surface area (Å²) in [4.78, 5) is 12.1. The number of aryl methyl sites for hydroxylation is 1. The molecule has 0 aliphatic rings. The number of rotatable bonds is 3. The summed E-state index contributed by atoms with van der Waals surface area (Å²) < 4.78 is 0. The van der Waals surface area contributed by atoms with E-state index in [1.807, 2.05) is 49.4 Å². The number of anilines is 1. The summed E-state index contributed by atoms with van der Waals surface area (Å²) in [6, 6.07) is 19.0. The molecule has 0 unspecified atom stereocenters. The van der Waals surface area contributed by atoms with Gasteiger partial charge in [-0.05, 0) is 59.2 Å². The Balaban J connectivity index is 1.67. The minimum Gasteiger partial charge on any atom is -0.506 e. The molecule has 3 aromatic rings. The van der Waals surface area contributed by atoms with Crippen molar-refractivity contribution < 1.29 is 9.90 Å². The van der Waals surface area contributed by atoms with Crippen LogP contribution < -0.4 is 10.6 Å². The Bertz CT molecular complexity index is 1010. The minimum absolute atomic E-state index is 0.0681. The lowest BCUT2D eigenvalue weighted by Gasteiger charge is -2.10. The topological polar surface area (TPSA) is 61.4 Å². The molecule has 3 aromatic carbocycles. The maximum atomic E-state index is 12.1. The molecular formula is C21H18N2O2S. The first-order valence-corrected chi connectivity index (χ1v) is 8.51. The normalized spacial score (nSPS) is 10.8. The summed E-state index contributed by atoms with van der Waals surface area (Å²) in [5.74, 6) is -0.277. The van der Waals surface area contributed by atoms with Crippen molar-refractivity contribution in [2.24, 2.45) is 0 Å². The van der Waals surface area contributed by atoms with E-state index in [0.29, 0.717) is 5.69 Å². The number of hydrogen-bond acceptors (Lipinski definition) is 3. The van der Waals surface area contributed by atoms with E-state index >= 15 is 0 Å². The van der Waals surface area contributed by atoms with Gasteiger partial charge in [0.25, 0.3) is 0 Å². The van der Waals surface area contributed by atoms with E-state index in [1.165, 1.54) is 6.08 Å². The third-order valence-corrected chi connectivity index (χ3v) is 4.08. The molecule has 0 atom stereocenters. The van der Waals surface area contributed by atoms with E-state index in [4.69, 9.17) is 12.2 Å². The van der Waals surface area contributed by atoms with Gasteiger partial charge in [-0.2, -0.15) is 0 Å². The van der Waals surface area contributed by atoms with Crippen molar-refractivity contribution in [1.82, 2.24) is 5.32 Å². The minimum atomic E-state index is -0.345. The third-order valence-electron chi connectivity index (χ3n) is 3.87. The van der Waals surface area contributed by atoms with Gasteiger partial charge in [-0.1, -0.05) is 48.5 Å². The van der Waals surface area contributed by atoms with Gasteiger partial charge in [-0.25, -0.2) is 0 Å². The van der Waals surface area contributed by atoms with E-state index in [2.05, 4.69) is 10.6 Å². The van der Waals surface area contributed by atoms with Crippen LogP contribution in [-0.2, 0) is 4.79 Å². The fraction of sp³-hybridized carbons (Fsp3) is 0.0476. The van der Waals surface area contributed by atoms with Gasteiger partial charge >= 0.3 is 0 Å². The van der Waals surface area contributed by atoms with Gasteiger partial charge in [0.2, 0.25) is 5.91 Å². The van der Waals surface area contributed by atoms with Gasteiger partial charge in [-0.15, -0.1) is 0 Å². The molecule has 0 aliphatic carbocycles. The molecule has 0 bridgehead atoms. The van der Waals surface area contributed by atoms with E-state index in [-0.39, 0.29) is 16.8 Å². The number of benzene rings is 3. The van der Waals surface area contributed by atoms with Crippen LogP contribution in [0.4, 0.5) is 5.69 Å². The van der Waals surface area contributed by atoms with Crippen molar-refractivity contribution in [3.63, 3.8) is 0 Å². The molecule has 26 heavy (non-hydrogen) atoms. The Morgan fingerprint density at radius 3 is 2.69 bits per heavy atom. The number of thiocarbonyl (C=S) groups is 1. The molecule has 0 saturated carbocycles. The summed E-state index contributed by atoms with van der Waals surface area (Å²) >= 11 is 5.14. The molecule has 0 aromatic heterocycles. The number of nitrogens with one attached hydrogen (secondary N) is 2. The first kappa shape index (κ1) is 17.6. The van der Waals surface area contributed by atoms with Crippen molar-refractivity contribution in [2.75, 3.05) is 5.32 Å². The van der Waals surface area contributed by atoms with Crippen LogP contribution in [0.3, 0.4) is 0 Å². The molecule has 3 N–H and O–H groups in total. The fourth-order valence-corrected chi connectivity index (χ4v) is 2.83. The highest BCUT2D eigenvalue weighted by Gasteiger charge is 2.06. The second-order valence-electron chi connectivity index (χ2n) is 5.87. The van der Waals surface area contributed by atoms with Gasteiger partial charge in [0, 0.05) is 6.08 Å². The first-order chi connectivity index (χ1) is 12.5. The second kappa shape index (κ2) is 7.80. The number of amides is 1. The molecule has 3 rings (SSSR count). The zero-order valence-corrected chi connectivity index (χ0v) is 15.0. The van der Waals surface area contributed by atoms with Crippen LogP contribution in [0.2, 0.25) is 0 Å². The highest BCUT2D eigenvalue weighted by molar-refractivity contribution is 7.80. The zero-order valence-electron chi connectivity index (χ0n) is 14.2. The molecule has 0 spiro atoms. The van der Waals surface area contributed by atoms with Crippen molar-refractivity contribution in [3.8, 4) is 5.75 Å². The van der Waals surface area contributed by atoms with E-state index in [9.17, 15) is 9.90 Å². The number of hydrogen-bond donors (Lipinski definition) is 3. The van der Waals surface area contributed by atoms with Crippen molar-refractivity contribution in [3.05, 3.63) is 77.9 Å². The maximum absolute atomic E-state index is 12.1. The summed E-state index contributed by atoms with van der Waals surface area (Å²) in [5.41, 5.74) is 2.37. The summed E-state index contributed by atoms with van der Waals surface area (Å²) in [7, 11) is 0. The number of carbonyl (C=O) groups excluding carboxylic acids is 1. The van der Waals surface area contributed by atoms with E-state index < -0.39 is 0 Å². The second-order valence-corrected chi connectivity index (χ2v) is 6.27. The molecule has 0 aliphatic heterocycles. The Morgan fingerprint density at radius 2 is 1.85 bits per heavy atom. The maximum Gasteiger partial charge on any atom is 0.250 e. The number of aromatic hydroxyl groups is 1. The highest BCUT2D eigenvalue weighted by atomic mass is 32.1. The van der Waals surface area contributed by atoms with Crippen LogP contribution in [0.1, 0.15) is 11.1 Å². The number of carbonyl (C=O) groups is 1. The van der Waals surface area contributed by atoms with Gasteiger partial charge < -0.3 is 10.4 Å². The summed E-state index contributed by atoms with van der Waals surface area (Å²) in [6.07, 6.45) is 3.19. The van der Waals surface area contributed by atoms with Crippen molar-refractivity contribution in [1.29, 1.82) is 0 Å². The molecule has 4 nitrogen and oxygen atoms in total. The largest absolute Gasteiger partial charge is 0.506 e. The molecular weight excluding hydrogens is 344 g/mol. The lowest BCUT2D eigenvalue weighted by Crippen LogP contribution is -2.32. The van der Waals surface area contributed by atoms with Gasteiger partial charge in [0.05, 0.1) is 5.69 Å². The number of phenolic OH excluding ortho intramolecular Hbond substituents is 1. The average molecular weight is 362 g/mol. The Labute approximate surface area is 157 Å². The van der Waals surface area contributed by atoms with Crippen molar-refractivity contribution >= 4 is 45.8 Å². The van der Waals surface area contributed by atoms with Crippen LogP contribution in [-0.4, -0.2) is 16.1 Å². The number of fused-ring (bicyclic) bond motifs is 1. The van der Waals surface area contributed by atoms with Crippen molar-refractivity contribution in [2.45, 2.75) is 6.92 Å². The van der Waals surface area contributed by atoms with Crippen LogP contribution in [0.15, 0.2) is 66.7 Å². The van der Waals surface area contributed by atoms with Gasteiger partial charge in [0.15, 0.2) is 5.11 Å². The van der Waals surface area contributed by atoms with E-state index in [1.54, 1.807) is 24.3 Å². The lowest BCUT2D eigenvalue weighted by atomic mass is 10.0. The monoisotopic (exact) mass is 362 g/mol. The number of phenols is 1. The highest BCUT2D eigenvalue weighted by Crippen LogP contribution is 2.23. The molecule has 0 saturated heterocycles. The first-order valence-electron chi connectivity index (χ1n) is 8.10. The molecule has 1 amide bonds. The van der Waals surface area contributed by atoms with E-state index in [0.717, 1.165) is 21.9 Å². The molecule has 5 heteroatoms. The Morgan fingerprint density at radius 1 is 1.08 bits per heavy atom. The molecule has 0 radical (unpaired) electrons. The SMILES string of the molecule is Cc1ccc(O)c(NC(=S)NC(=O)C=Cc2cccc3ccccc23)c1. The standard InChI is InChI=1S/C21H18N2O2S/c1-14-9-11-19(24)18(13-14)22-21(26)23-20(25)12-10-16-7-4-6-15-5-2-3-8-17(15)16/h2-13,24H,1H3,(H2,22,23,25,26). The lowest BCUT2D eigenvalue weighted by molar-refractivity contribution is -0.115. The van der Waals surface area contributed by atoms with Crippen LogP contribution in [0, 0.1) is 6.92 Å². The molecule has 0 fully saturated rings. The molecule has 0 heterocycles.